The first kappa shape index (κ1) is 27.3. The summed E-state index contributed by atoms with van der Waals surface area (Å²) in [5, 5.41) is 4.49. The van der Waals surface area contributed by atoms with Crippen molar-refractivity contribution in [2.24, 2.45) is 0 Å². The predicted molar refractivity (Wildman–Crippen MR) is 160 cm³/mol. The molecule has 0 spiro atoms. The Morgan fingerprint density at radius 2 is 1.52 bits per heavy atom. The van der Waals surface area contributed by atoms with E-state index in [1.165, 1.54) is 18.9 Å². The lowest BCUT2D eigenvalue weighted by atomic mass is 9.99. The van der Waals surface area contributed by atoms with Crippen molar-refractivity contribution in [3.8, 4) is 22.3 Å². The maximum Gasteiger partial charge on any atom is 0.408 e. The van der Waals surface area contributed by atoms with E-state index < -0.39 is 17.4 Å². The van der Waals surface area contributed by atoms with Crippen LogP contribution in [0.25, 0.3) is 44.2 Å². The molecule has 204 valence electrons. The van der Waals surface area contributed by atoms with Crippen molar-refractivity contribution in [2.45, 2.75) is 36.5 Å². The minimum Gasteiger partial charge on any atom is -0.469 e. The zero-order chi connectivity index (χ0) is 27.9. The molecule has 40 heavy (non-hydrogen) atoms. The fourth-order valence-electron chi connectivity index (χ4n) is 4.55. The number of carbonyl (C=O) groups excluding carboxylic acids is 2. The number of unbranched alkanes of at least 4 members (excludes halogenated alkanes) is 1. The molecule has 0 radical (unpaired) electrons. The van der Waals surface area contributed by atoms with Crippen LogP contribution in [-0.4, -0.2) is 31.2 Å². The molecular weight excluding hydrogens is 522 g/mol. The highest BCUT2D eigenvalue weighted by Crippen LogP contribution is 2.36. The van der Waals surface area contributed by atoms with E-state index in [1.807, 2.05) is 49.4 Å². The van der Waals surface area contributed by atoms with Gasteiger partial charge >= 0.3 is 12.1 Å². The average Bonchev–Trinajstić information content (AvgIpc) is 3.37. The van der Waals surface area contributed by atoms with Crippen LogP contribution in [0.15, 0.2) is 100 Å². The van der Waals surface area contributed by atoms with Crippen molar-refractivity contribution in [2.75, 3.05) is 13.7 Å². The van der Waals surface area contributed by atoms with Gasteiger partial charge in [-0.3, -0.25) is 4.79 Å². The summed E-state index contributed by atoms with van der Waals surface area (Å²) in [5.74, 6) is -0.401. The highest BCUT2D eigenvalue weighted by Gasteiger charge is 2.19. The molecule has 4 aromatic carbocycles. The second-order valence-corrected chi connectivity index (χ2v) is 10.7. The molecule has 7 heteroatoms. The van der Waals surface area contributed by atoms with E-state index in [0.717, 1.165) is 61.9 Å². The van der Waals surface area contributed by atoms with Gasteiger partial charge in [0.15, 0.2) is 0 Å². The molecule has 0 saturated heterocycles. The average molecular weight is 554 g/mol. The van der Waals surface area contributed by atoms with Crippen molar-refractivity contribution in [3.63, 3.8) is 0 Å². The molecule has 0 saturated carbocycles. The van der Waals surface area contributed by atoms with Crippen molar-refractivity contribution in [1.29, 1.82) is 0 Å². The van der Waals surface area contributed by atoms with Gasteiger partial charge in [-0.05, 0) is 41.3 Å². The monoisotopic (exact) mass is 553 g/mol. The smallest absolute Gasteiger partial charge is 0.408 e. The number of fused-ring (bicyclic) bond motifs is 3. The van der Waals surface area contributed by atoms with Crippen LogP contribution in [0.1, 0.15) is 26.2 Å². The van der Waals surface area contributed by atoms with E-state index in [0.29, 0.717) is 6.61 Å². The van der Waals surface area contributed by atoms with E-state index in [-0.39, 0.29) is 6.42 Å². The van der Waals surface area contributed by atoms with Crippen LogP contribution in [-0.2, 0) is 14.3 Å². The number of alkyl carbamates (subject to hydrolysis) is 1. The molecule has 1 aromatic heterocycles. The topological polar surface area (TPSA) is 77.8 Å². The summed E-state index contributed by atoms with van der Waals surface area (Å²) in [6.07, 6.45) is 1.22. The number of rotatable bonds is 10. The molecule has 0 fully saturated rings. The van der Waals surface area contributed by atoms with Gasteiger partial charge in [-0.25, -0.2) is 4.79 Å². The SMILES string of the molecule is CCCCOC(=O)NC(CC(=O)OC)Sc1ccc(-c2ccc(-c3cccc4c3oc3ccccc34)cc2)cc1. The van der Waals surface area contributed by atoms with E-state index in [2.05, 4.69) is 53.8 Å². The normalized spacial score (nSPS) is 11.8. The van der Waals surface area contributed by atoms with Gasteiger partial charge < -0.3 is 19.2 Å². The third-order valence-corrected chi connectivity index (χ3v) is 7.77. The predicted octanol–water partition coefficient (Wildman–Crippen LogP) is 8.43. The largest absolute Gasteiger partial charge is 0.469 e. The summed E-state index contributed by atoms with van der Waals surface area (Å²) in [5.41, 5.74) is 6.07. The Kier molecular flexibility index (Phi) is 8.71. The number of thioether (sulfide) groups is 1. The molecule has 6 nitrogen and oxygen atoms in total. The lowest BCUT2D eigenvalue weighted by Crippen LogP contribution is -2.35. The molecule has 0 aliphatic rings. The van der Waals surface area contributed by atoms with Crippen LogP contribution < -0.4 is 5.32 Å². The van der Waals surface area contributed by atoms with Gasteiger partial charge in [0.2, 0.25) is 0 Å². The third kappa shape index (κ3) is 6.32. The van der Waals surface area contributed by atoms with Gasteiger partial charge in [0, 0.05) is 21.2 Å². The van der Waals surface area contributed by atoms with E-state index >= 15 is 0 Å². The summed E-state index contributed by atoms with van der Waals surface area (Å²) < 4.78 is 16.2. The number of ether oxygens (including phenoxy) is 2. The lowest BCUT2D eigenvalue weighted by Gasteiger charge is -2.17. The van der Waals surface area contributed by atoms with Crippen molar-refractivity contribution in [3.05, 3.63) is 91.0 Å². The van der Waals surface area contributed by atoms with E-state index in [1.54, 1.807) is 0 Å². The molecule has 0 aliphatic heterocycles. The summed E-state index contributed by atoms with van der Waals surface area (Å²) >= 11 is 1.38. The number of esters is 1. The van der Waals surface area contributed by atoms with Crippen molar-refractivity contribution >= 4 is 45.8 Å². The number of methoxy groups -OCH3 is 1. The molecule has 1 amide bonds. The number of benzene rings is 4. The second kappa shape index (κ2) is 12.7. The van der Waals surface area contributed by atoms with Gasteiger partial charge in [0.25, 0.3) is 0 Å². The molecule has 1 heterocycles. The molecule has 1 unspecified atom stereocenters. The number of hydrogen-bond donors (Lipinski definition) is 1. The summed E-state index contributed by atoms with van der Waals surface area (Å²) in [6, 6.07) is 30.8. The zero-order valence-electron chi connectivity index (χ0n) is 22.5. The molecule has 1 atom stereocenters. The Bertz CT molecular complexity index is 1610. The lowest BCUT2D eigenvalue weighted by molar-refractivity contribution is -0.140. The first-order chi connectivity index (χ1) is 19.6. The minimum atomic E-state index is -0.537. The van der Waals surface area contributed by atoms with E-state index in [9.17, 15) is 9.59 Å². The molecule has 0 bridgehead atoms. The highest BCUT2D eigenvalue weighted by atomic mass is 32.2. The van der Waals surface area contributed by atoms with Gasteiger partial charge in [0.1, 0.15) is 11.2 Å². The summed E-state index contributed by atoms with van der Waals surface area (Å²) in [4.78, 5) is 25.0. The maximum atomic E-state index is 12.2. The van der Waals surface area contributed by atoms with Gasteiger partial charge in [-0.1, -0.05) is 86.1 Å². The maximum absolute atomic E-state index is 12.2. The Hall–Kier alpha value is -4.23. The number of nitrogens with one attached hydrogen (secondary N) is 1. The first-order valence-corrected chi connectivity index (χ1v) is 14.2. The van der Waals surface area contributed by atoms with Gasteiger partial charge in [-0.2, -0.15) is 0 Å². The third-order valence-electron chi connectivity index (χ3n) is 6.66. The van der Waals surface area contributed by atoms with Crippen LogP contribution >= 0.6 is 11.8 Å². The number of para-hydroxylation sites is 2. The molecule has 5 aromatic rings. The van der Waals surface area contributed by atoms with Crippen LogP contribution in [0, 0.1) is 0 Å². The van der Waals surface area contributed by atoms with E-state index in [4.69, 9.17) is 13.9 Å². The van der Waals surface area contributed by atoms with Crippen LogP contribution in [0.3, 0.4) is 0 Å². The molecular formula is C33H31NO5S. The number of furan rings is 1. The number of carbonyl (C=O) groups is 2. The van der Waals surface area contributed by atoms with Crippen molar-refractivity contribution in [1.82, 2.24) is 5.32 Å². The zero-order valence-corrected chi connectivity index (χ0v) is 23.3. The molecule has 5 rings (SSSR count). The Balaban J connectivity index is 1.30. The second-order valence-electron chi connectivity index (χ2n) is 9.40. The number of hydrogen-bond acceptors (Lipinski definition) is 6. The van der Waals surface area contributed by atoms with Gasteiger partial charge in [-0.15, -0.1) is 11.8 Å². The van der Waals surface area contributed by atoms with Crippen LogP contribution in [0.5, 0.6) is 0 Å². The summed E-state index contributed by atoms with van der Waals surface area (Å²) in [6.45, 7) is 2.37. The fraction of sp³-hybridized carbons (Fsp3) is 0.212. The fourth-order valence-corrected chi connectivity index (χ4v) is 5.54. The Morgan fingerprint density at radius 1 is 0.850 bits per heavy atom. The standard InChI is InChI=1S/C33H31NO5S/c1-3-4-20-38-33(36)34-30(21-31(35)37-2)40-25-18-16-23(17-19-25)22-12-14-24(15-13-22)26-9-7-10-28-27-8-5-6-11-29(27)39-32(26)28/h5-19,30H,3-4,20-21H2,1-2H3,(H,34,36). The van der Waals surface area contributed by atoms with Crippen LogP contribution in [0.4, 0.5) is 4.79 Å². The first-order valence-electron chi connectivity index (χ1n) is 13.3. The highest BCUT2D eigenvalue weighted by molar-refractivity contribution is 8.00. The Morgan fingerprint density at radius 3 is 2.25 bits per heavy atom. The Labute approximate surface area is 237 Å². The summed E-state index contributed by atoms with van der Waals surface area (Å²) in [7, 11) is 1.33. The molecule has 1 N–H and O–H groups in total. The quantitative estimate of drug-likeness (QED) is 0.0809. The minimum absolute atomic E-state index is 0.0330. The van der Waals surface area contributed by atoms with Crippen molar-refractivity contribution < 1.29 is 23.5 Å². The van der Waals surface area contributed by atoms with Gasteiger partial charge in [0.05, 0.1) is 25.5 Å². The number of amides is 1. The molecule has 0 aliphatic carbocycles. The van der Waals surface area contributed by atoms with Crippen LogP contribution in [0.2, 0.25) is 0 Å².